The molecule has 0 saturated carbocycles. The van der Waals surface area contributed by atoms with Gasteiger partial charge < -0.3 is 0 Å². The molecule has 0 radical (unpaired) electrons. The number of hydrogen-bond acceptors (Lipinski definition) is 0. The molecule has 21 heavy (non-hydrogen) atoms. The largest absolute Gasteiger partial charge is 0.207 e. The van der Waals surface area contributed by atoms with Crippen molar-refractivity contribution in [2.75, 3.05) is 0 Å². The minimum absolute atomic E-state index is 0.249. The Bertz CT molecular complexity index is 661. The number of hydrogen-bond donors (Lipinski definition) is 1. The van der Waals surface area contributed by atoms with Gasteiger partial charge in [0.1, 0.15) is 11.6 Å². The zero-order valence-electron chi connectivity index (χ0n) is 11.2. The first kappa shape index (κ1) is 13.8. The first-order valence-electron chi connectivity index (χ1n) is 6.60. The maximum absolute atomic E-state index is 13.2. The maximum Gasteiger partial charge on any atom is 0.123 e. The first-order valence-corrected chi connectivity index (χ1v) is 7.94. The van der Waals surface area contributed by atoms with Crippen LogP contribution in [0.3, 0.4) is 0 Å². The highest BCUT2D eigenvalue weighted by molar-refractivity contribution is 8.17. The molecule has 0 unspecified atom stereocenters. The highest BCUT2D eigenvalue weighted by Crippen LogP contribution is 2.51. The van der Waals surface area contributed by atoms with Crippen molar-refractivity contribution in [3.8, 4) is 0 Å². The molecule has 0 nitrogen and oxygen atoms in total. The summed E-state index contributed by atoms with van der Waals surface area (Å²) in [4.78, 5) is 3.25. The van der Waals surface area contributed by atoms with Crippen LogP contribution in [0.5, 0.6) is 0 Å². The van der Waals surface area contributed by atoms with E-state index in [-0.39, 0.29) is 11.6 Å². The Morgan fingerprint density at radius 3 is 1.29 bits per heavy atom. The van der Waals surface area contributed by atoms with Crippen molar-refractivity contribution in [3.63, 3.8) is 0 Å². The van der Waals surface area contributed by atoms with Gasteiger partial charge in [-0.25, -0.2) is 8.78 Å². The van der Waals surface area contributed by atoms with E-state index in [1.807, 2.05) is 18.2 Å². The minimum Gasteiger partial charge on any atom is -0.207 e. The van der Waals surface area contributed by atoms with Crippen molar-refractivity contribution in [1.29, 1.82) is 0 Å². The van der Waals surface area contributed by atoms with Gasteiger partial charge in [0.15, 0.2) is 0 Å². The lowest BCUT2D eigenvalue weighted by atomic mass is 10.3. The molecule has 0 N–H and O–H groups in total. The second kappa shape index (κ2) is 6.10. The Balaban J connectivity index is 2.11. The second-order valence-corrected chi connectivity index (χ2v) is 6.84. The van der Waals surface area contributed by atoms with Gasteiger partial charge in [0.2, 0.25) is 0 Å². The van der Waals surface area contributed by atoms with Gasteiger partial charge in [-0.1, -0.05) is 18.2 Å². The van der Waals surface area contributed by atoms with Crippen molar-refractivity contribution in [3.05, 3.63) is 90.5 Å². The van der Waals surface area contributed by atoms with Crippen molar-refractivity contribution in [2.45, 2.75) is 14.7 Å². The Kier molecular flexibility index (Phi) is 4.02. The van der Waals surface area contributed by atoms with E-state index in [9.17, 15) is 8.78 Å². The van der Waals surface area contributed by atoms with Gasteiger partial charge in [0.05, 0.1) is 0 Å². The molecule has 3 aromatic rings. The SMILES string of the molecule is Fc1ccc([SH](c2ccccc2)c2ccc(F)cc2)cc1. The Hall–Kier alpha value is -2.13. The monoisotopic (exact) mass is 300 g/mol. The average molecular weight is 300 g/mol. The van der Waals surface area contributed by atoms with Crippen LogP contribution in [-0.4, -0.2) is 0 Å². The fraction of sp³-hybridized carbons (Fsp3) is 0. The lowest BCUT2D eigenvalue weighted by Crippen LogP contribution is -1.89. The highest BCUT2D eigenvalue weighted by atomic mass is 32.2. The van der Waals surface area contributed by atoms with Crippen molar-refractivity contribution >= 4 is 10.9 Å². The lowest BCUT2D eigenvalue weighted by Gasteiger charge is -2.23. The summed E-state index contributed by atoms with van der Waals surface area (Å²) < 4.78 is 26.3. The molecule has 3 rings (SSSR count). The molecule has 3 heteroatoms. The fourth-order valence-electron chi connectivity index (χ4n) is 2.20. The van der Waals surface area contributed by atoms with Crippen LogP contribution in [0, 0.1) is 11.6 Å². The smallest absolute Gasteiger partial charge is 0.123 e. The van der Waals surface area contributed by atoms with E-state index >= 15 is 0 Å². The molecular weight excluding hydrogens is 286 g/mol. The zero-order chi connectivity index (χ0) is 14.7. The second-order valence-electron chi connectivity index (χ2n) is 4.62. The molecular formula is C18H14F2S. The van der Waals surface area contributed by atoms with E-state index < -0.39 is 10.9 Å². The van der Waals surface area contributed by atoms with Gasteiger partial charge in [-0.3, -0.25) is 0 Å². The van der Waals surface area contributed by atoms with Gasteiger partial charge in [0.25, 0.3) is 0 Å². The Labute approximate surface area is 125 Å². The highest BCUT2D eigenvalue weighted by Gasteiger charge is 2.12. The lowest BCUT2D eigenvalue weighted by molar-refractivity contribution is 0.626. The average Bonchev–Trinajstić information content (AvgIpc) is 2.52. The summed E-state index contributed by atoms with van der Waals surface area (Å²) >= 11 is 0. The molecule has 0 fully saturated rings. The molecule has 0 bridgehead atoms. The quantitative estimate of drug-likeness (QED) is 0.611. The van der Waals surface area contributed by atoms with Gasteiger partial charge in [0, 0.05) is 0 Å². The Morgan fingerprint density at radius 1 is 0.476 bits per heavy atom. The summed E-state index contributed by atoms with van der Waals surface area (Å²) in [6.45, 7) is 0. The molecule has 0 atom stereocenters. The van der Waals surface area contributed by atoms with Crippen molar-refractivity contribution < 1.29 is 8.78 Å². The van der Waals surface area contributed by atoms with Crippen LogP contribution >= 0.6 is 10.9 Å². The number of halogens is 2. The fourth-order valence-corrected chi connectivity index (χ4v) is 4.46. The van der Waals surface area contributed by atoms with Crippen LogP contribution in [0.4, 0.5) is 8.78 Å². The van der Waals surface area contributed by atoms with Crippen molar-refractivity contribution in [1.82, 2.24) is 0 Å². The van der Waals surface area contributed by atoms with Crippen LogP contribution in [0.25, 0.3) is 0 Å². The van der Waals surface area contributed by atoms with E-state index in [2.05, 4.69) is 12.1 Å². The normalized spacial score (nSPS) is 11.2. The van der Waals surface area contributed by atoms with Gasteiger partial charge in [-0.05, 0) is 75.4 Å². The zero-order valence-corrected chi connectivity index (χ0v) is 12.1. The molecule has 0 aliphatic rings. The third-order valence-corrected chi connectivity index (χ3v) is 5.63. The third-order valence-electron chi connectivity index (χ3n) is 3.18. The number of thiol groups is 1. The minimum atomic E-state index is -0.804. The number of rotatable bonds is 3. The molecule has 0 amide bonds. The molecule has 0 aliphatic carbocycles. The molecule has 0 aliphatic heterocycles. The van der Waals surface area contributed by atoms with Crippen LogP contribution in [0.15, 0.2) is 93.5 Å². The van der Waals surface area contributed by atoms with E-state index in [0.717, 1.165) is 14.7 Å². The predicted molar refractivity (Wildman–Crippen MR) is 83.0 cm³/mol. The van der Waals surface area contributed by atoms with Crippen LogP contribution < -0.4 is 0 Å². The molecule has 0 heterocycles. The van der Waals surface area contributed by atoms with E-state index in [0.29, 0.717) is 0 Å². The van der Waals surface area contributed by atoms with Crippen LogP contribution in [0.2, 0.25) is 0 Å². The third kappa shape index (κ3) is 3.14. The van der Waals surface area contributed by atoms with Gasteiger partial charge in [-0.2, -0.15) is 10.9 Å². The summed E-state index contributed by atoms with van der Waals surface area (Å²) in [5.41, 5.74) is 0. The van der Waals surface area contributed by atoms with Crippen LogP contribution in [-0.2, 0) is 0 Å². The van der Waals surface area contributed by atoms with E-state index in [1.165, 1.54) is 24.3 Å². The predicted octanol–water partition coefficient (Wildman–Crippen LogP) is 5.44. The van der Waals surface area contributed by atoms with Crippen molar-refractivity contribution in [2.24, 2.45) is 0 Å². The maximum atomic E-state index is 13.2. The molecule has 0 spiro atoms. The van der Waals surface area contributed by atoms with Gasteiger partial charge in [-0.15, -0.1) is 0 Å². The number of benzene rings is 3. The summed E-state index contributed by atoms with van der Waals surface area (Å²) in [5, 5.41) is 0. The summed E-state index contributed by atoms with van der Waals surface area (Å²) in [6.07, 6.45) is 0. The van der Waals surface area contributed by atoms with Gasteiger partial charge >= 0.3 is 0 Å². The molecule has 0 saturated heterocycles. The standard InChI is InChI=1S/C18H14F2S/c19-14-6-10-17(11-7-14)21(16-4-2-1-3-5-16)18-12-8-15(20)9-13-18/h1-13,21H. The molecule has 0 aromatic heterocycles. The van der Waals surface area contributed by atoms with Crippen LogP contribution in [0.1, 0.15) is 0 Å². The topological polar surface area (TPSA) is 0 Å². The first-order chi connectivity index (χ1) is 10.2. The van der Waals surface area contributed by atoms with E-state index in [1.54, 1.807) is 24.3 Å². The molecule has 106 valence electrons. The summed E-state index contributed by atoms with van der Waals surface area (Å²) in [5.74, 6) is -0.498. The van der Waals surface area contributed by atoms with E-state index in [4.69, 9.17) is 0 Å². The summed E-state index contributed by atoms with van der Waals surface area (Å²) in [6, 6.07) is 23.1. The summed E-state index contributed by atoms with van der Waals surface area (Å²) in [7, 11) is -0.804. The Morgan fingerprint density at radius 2 is 0.857 bits per heavy atom. The molecule has 3 aromatic carbocycles.